The van der Waals surface area contributed by atoms with Gasteiger partial charge in [0.15, 0.2) is 0 Å². The Hall–Kier alpha value is -6.16. The second-order valence-electron chi connectivity index (χ2n) is 12.6. The van der Waals surface area contributed by atoms with E-state index in [-0.39, 0.29) is 0 Å². The summed E-state index contributed by atoms with van der Waals surface area (Å²) in [5, 5.41) is 7.69. The van der Waals surface area contributed by atoms with Crippen LogP contribution in [0.1, 0.15) is 0 Å². The Morgan fingerprint density at radius 2 is 1.02 bits per heavy atom. The van der Waals surface area contributed by atoms with Gasteiger partial charge in [0.25, 0.3) is 0 Å². The lowest BCUT2D eigenvalue weighted by Gasteiger charge is -2.26. The van der Waals surface area contributed by atoms with Crippen LogP contribution >= 0.6 is 11.3 Å². The topological polar surface area (TPSA) is 8.17 Å². The molecule has 0 spiro atoms. The van der Waals surface area contributed by atoms with Crippen molar-refractivity contribution in [3.05, 3.63) is 182 Å². The number of aromatic nitrogens is 1. The Kier molecular flexibility index (Phi) is 6.39. The predicted molar refractivity (Wildman–Crippen MR) is 211 cm³/mol. The highest BCUT2D eigenvalue weighted by Gasteiger charge is 2.18. The molecule has 0 fully saturated rings. The highest BCUT2D eigenvalue weighted by Crippen LogP contribution is 2.45. The van der Waals surface area contributed by atoms with Gasteiger partial charge in [-0.25, -0.2) is 0 Å². The first kappa shape index (κ1) is 27.9. The zero-order chi connectivity index (χ0) is 32.3. The quantitative estimate of drug-likeness (QED) is 0.181. The van der Waals surface area contributed by atoms with Gasteiger partial charge in [-0.1, -0.05) is 115 Å². The molecule has 0 radical (unpaired) electrons. The summed E-state index contributed by atoms with van der Waals surface area (Å²) in [5.74, 6) is 0. The summed E-state index contributed by atoms with van der Waals surface area (Å²) in [6.07, 6.45) is 0. The Balaban J connectivity index is 1.05. The maximum Gasteiger partial charge on any atom is 0.0640 e. The molecule has 0 saturated heterocycles. The maximum atomic E-state index is 2.40. The summed E-state index contributed by atoms with van der Waals surface area (Å²) >= 11 is 1.86. The maximum absolute atomic E-state index is 2.40. The summed E-state index contributed by atoms with van der Waals surface area (Å²) in [6.45, 7) is 0. The first-order valence-corrected chi connectivity index (χ1v) is 17.5. The lowest BCUT2D eigenvalue weighted by atomic mass is 10.0. The second-order valence-corrected chi connectivity index (χ2v) is 13.6. The fourth-order valence-corrected chi connectivity index (χ4v) is 8.66. The summed E-state index contributed by atoms with van der Waals surface area (Å²) in [7, 11) is 0. The molecular weight excluding hydrogens is 613 g/mol. The average Bonchev–Trinajstić information content (AvgIpc) is 3.71. The summed E-state index contributed by atoms with van der Waals surface area (Å²) < 4.78 is 5.01. The molecule has 8 aromatic carbocycles. The van der Waals surface area contributed by atoms with Crippen LogP contribution in [-0.2, 0) is 0 Å². The summed E-state index contributed by atoms with van der Waals surface area (Å²) in [5.41, 5.74) is 9.47. The molecule has 0 saturated carbocycles. The molecule has 2 nitrogen and oxygen atoms in total. The fraction of sp³-hybridized carbons (Fsp3) is 0. The molecule has 10 rings (SSSR count). The van der Waals surface area contributed by atoms with Crippen LogP contribution in [-0.4, -0.2) is 4.57 Å². The van der Waals surface area contributed by atoms with E-state index >= 15 is 0 Å². The minimum absolute atomic E-state index is 1.13. The van der Waals surface area contributed by atoms with Crippen LogP contribution in [0.25, 0.3) is 69.6 Å². The summed E-state index contributed by atoms with van der Waals surface area (Å²) in [4.78, 5) is 2.39. The van der Waals surface area contributed by atoms with E-state index < -0.39 is 0 Å². The number of para-hydroxylation sites is 2. The zero-order valence-electron chi connectivity index (χ0n) is 26.6. The van der Waals surface area contributed by atoms with Crippen molar-refractivity contribution in [1.29, 1.82) is 0 Å². The average molecular weight is 643 g/mol. The third-order valence-electron chi connectivity index (χ3n) is 9.76. The summed E-state index contributed by atoms with van der Waals surface area (Å²) in [6, 6.07) is 66.1. The van der Waals surface area contributed by atoms with Crippen LogP contribution in [0.15, 0.2) is 182 Å². The Morgan fingerprint density at radius 1 is 0.408 bits per heavy atom. The number of nitrogens with zero attached hydrogens (tertiary/aromatic N) is 2. The van der Waals surface area contributed by atoms with Gasteiger partial charge in [0.1, 0.15) is 0 Å². The lowest BCUT2D eigenvalue weighted by molar-refractivity contribution is 1.18. The van der Waals surface area contributed by atoms with E-state index in [0.29, 0.717) is 0 Å². The molecular formula is C46H30N2S. The van der Waals surface area contributed by atoms with Gasteiger partial charge in [0.2, 0.25) is 0 Å². The number of hydrogen-bond donors (Lipinski definition) is 0. The van der Waals surface area contributed by atoms with Crippen LogP contribution in [0.2, 0.25) is 0 Å². The minimum atomic E-state index is 1.13. The molecule has 0 amide bonds. The zero-order valence-corrected chi connectivity index (χ0v) is 27.4. The first-order valence-electron chi connectivity index (χ1n) is 16.7. The van der Waals surface area contributed by atoms with Crippen molar-refractivity contribution in [2.45, 2.75) is 0 Å². The van der Waals surface area contributed by atoms with E-state index in [1.165, 1.54) is 69.6 Å². The van der Waals surface area contributed by atoms with E-state index in [9.17, 15) is 0 Å². The lowest BCUT2D eigenvalue weighted by Crippen LogP contribution is -2.09. The molecule has 0 atom stereocenters. The molecule has 0 aliphatic carbocycles. The molecule has 230 valence electrons. The van der Waals surface area contributed by atoms with Gasteiger partial charge in [-0.2, -0.15) is 0 Å². The highest BCUT2D eigenvalue weighted by molar-refractivity contribution is 7.26. The minimum Gasteiger partial charge on any atom is -0.309 e. The molecule has 0 aliphatic rings. The van der Waals surface area contributed by atoms with Gasteiger partial charge in [-0.15, -0.1) is 11.3 Å². The van der Waals surface area contributed by atoms with Crippen molar-refractivity contribution in [1.82, 2.24) is 4.57 Å². The Labute approximate surface area is 288 Å². The molecule has 0 N–H and O–H groups in total. The van der Waals surface area contributed by atoms with Crippen LogP contribution in [0.5, 0.6) is 0 Å². The smallest absolute Gasteiger partial charge is 0.0640 e. The highest BCUT2D eigenvalue weighted by atomic mass is 32.1. The van der Waals surface area contributed by atoms with Crippen molar-refractivity contribution < 1.29 is 0 Å². The van der Waals surface area contributed by atoms with Gasteiger partial charge in [0.05, 0.1) is 21.4 Å². The van der Waals surface area contributed by atoms with Gasteiger partial charge < -0.3 is 9.47 Å². The van der Waals surface area contributed by atoms with Crippen LogP contribution in [0.4, 0.5) is 17.1 Å². The molecule has 2 aromatic heterocycles. The van der Waals surface area contributed by atoms with Gasteiger partial charge in [-0.05, 0) is 88.6 Å². The van der Waals surface area contributed by atoms with E-state index in [1.54, 1.807) is 0 Å². The second kappa shape index (κ2) is 11.2. The third kappa shape index (κ3) is 4.55. The van der Waals surface area contributed by atoms with E-state index in [0.717, 1.165) is 17.1 Å². The molecule has 2 heterocycles. The molecule has 0 bridgehead atoms. The number of anilines is 3. The van der Waals surface area contributed by atoms with Gasteiger partial charge in [-0.3, -0.25) is 0 Å². The largest absolute Gasteiger partial charge is 0.309 e. The molecule has 0 unspecified atom stereocenters. The van der Waals surface area contributed by atoms with Gasteiger partial charge >= 0.3 is 0 Å². The Bertz CT molecular complexity index is 2810. The number of thiophene rings is 1. The standard InChI is InChI=1S/C46H30N2S/c1-2-13-35(14-3-1)47(43-19-10-17-40-39-16-7-9-20-45(39)49-46(40)43)36-25-21-31(22-26-36)32-23-27-37(28-24-32)48-42-18-8-6-15-38(42)41-29-33-11-4-5-12-34(33)30-44(41)48/h1-30H. The van der Waals surface area contributed by atoms with E-state index in [2.05, 4.69) is 191 Å². The van der Waals surface area contributed by atoms with Gasteiger partial charge in [0, 0.05) is 43.3 Å². The van der Waals surface area contributed by atoms with Crippen molar-refractivity contribution in [2.24, 2.45) is 0 Å². The number of benzene rings is 8. The first-order chi connectivity index (χ1) is 24.3. The number of hydrogen-bond acceptors (Lipinski definition) is 2. The fourth-order valence-electron chi connectivity index (χ4n) is 7.45. The molecule has 3 heteroatoms. The van der Waals surface area contributed by atoms with Crippen molar-refractivity contribution in [3.63, 3.8) is 0 Å². The van der Waals surface area contributed by atoms with Crippen molar-refractivity contribution in [3.8, 4) is 16.8 Å². The normalized spacial score (nSPS) is 11.7. The van der Waals surface area contributed by atoms with Crippen molar-refractivity contribution in [2.75, 3.05) is 4.90 Å². The third-order valence-corrected chi connectivity index (χ3v) is 11.0. The monoisotopic (exact) mass is 642 g/mol. The number of rotatable bonds is 5. The van der Waals surface area contributed by atoms with Crippen LogP contribution in [0.3, 0.4) is 0 Å². The Morgan fingerprint density at radius 3 is 1.82 bits per heavy atom. The molecule has 0 aliphatic heterocycles. The predicted octanol–water partition coefficient (Wildman–Crippen LogP) is 13.4. The van der Waals surface area contributed by atoms with E-state index in [1.807, 2.05) is 11.3 Å². The molecule has 49 heavy (non-hydrogen) atoms. The van der Waals surface area contributed by atoms with Crippen molar-refractivity contribution >= 4 is 81.1 Å². The number of fused-ring (bicyclic) bond motifs is 7. The molecule has 10 aromatic rings. The van der Waals surface area contributed by atoms with E-state index in [4.69, 9.17) is 0 Å². The van der Waals surface area contributed by atoms with Crippen LogP contribution in [0, 0.1) is 0 Å². The van der Waals surface area contributed by atoms with Crippen LogP contribution < -0.4 is 4.90 Å². The SMILES string of the molecule is c1ccc(N(c2ccc(-c3ccc(-n4c5ccccc5c5cc6ccccc6cc54)cc3)cc2)c2cccc3c2sc2ccccc23)cc1.